The van der Waals surface area contributed by atoms with Gasteiger partial charge in [-0.25, -0.2) is 18.2 Å². The van der Waals surface area contributed by atoms with Crippen molar-refractivity contribution in [1.82, 2.24) is 9.97 Å². The molecule has 0 atom stereocenters. The van der Waals surface area contributed by atoms with E-state index in [9.17, 15) is 13.2 Å². The molecule has 0 saturated carbocycles. The van der Waals surface area contributed by atoms with E-state index in [4.69, 9.17) is 4.74 Å². The summed E-state index contributed by atoms with van der Waals surface area (Å²) in [5, 5.41) is 5.64. The third-order valence-electron chi connectivity index (χ3n) is 3.48. The monoisotopic (exact) mass is 360 g/mol. The first-order valence-corrected chi connectivity index (χ1v) is 7.63. The molecular weight excluding hydrogens is 345 g/mol. The van der Waals surface area contributed by atoms with Gasteiger partial charge in [0.2, 0.25) is 5.95 Å². The average molecular weight is 360 g/mol. The largest absolute Gasteiger partial charge is 0.497 e. The molecule has 0 fully saturated rings. The number of benzene rings is 2. The summed E-state index contributed by atoms with van der Waals surface area (Å²) in [4.78, 5) is 8.34. The van der Waals surface area contributed by atoms with E-state index < -0.39 is 17.5 Å². The Labute approximate surface area is 147 Å². The number of aryl methyl sites for hydroxylation is 1. The molecule has 0 unspecified atom stereocenters. The number of rotatable bonds is 5. The van der Waals surface area contributed by atoms with E-state index in [1.165, 1.54) is 0 Å². The molecule has 3 aromatic rings. The summed E-state index contributed by atoms with van der Waals surface area (Å²) >= 11 is 0. The van der Waals surface area contributed by atoms with Gasteiger partial charge in [-0.2, -0.15) is 4.98 Å². The van der Waals surface area contributed by atoms with Gasteiger partial charge in [-0.15, -0.1) is 0 Å². The maximum atomic E-state index is 13.8. The SMILES string of the molecule is COc1cccc(Nc2cc(C)nc(Nc3ccc(F)c(F)c3F)n2)c1. The Morgan fingerprint density at radius 3 is 2.50 bits per heavy atom. The maximum Gasteiger partial charge on any atom is 0.229 e. The number of hydrogen-bond acceptors (Lipinski definition) is 5. The highest BCUT2D eigenvalue weighted by atomic mass is 19.2. The van der Waals surface area contributed by atoms with Gasteiger partial charge in [0.1, 0.15) is 11.6 Å². The molecule has 2 aromatic carbocycles. The molecule has 0 spiro atoms. The predicted octanol–water partition coefficient (Wildman–Crippen LogP) is 4.70. The number of aromatic nitrogens is 2. The fourth-order valence-electron chi connectivity index (χ4n) is 2.28. The van der Waals surface area contributed by atoms with Gasteiger partial charge < -0.3 is 15.4 Å². The van der Waals surface area contributed by atoms with Crippen molar-refractivity contribution in [2.24, 2.45) is 0 Å². The van der Waals surface area contributed by atoms with Crippen molar-refractivity contribution in [2.75, 3.05) is 17.7 Å². The lowest BCUT2D eigenvalue weighted by Gasteiger charge is -2.11. The number of nitrogens with one attached hydrogen (secondary N) is 2. The van der Waals surface area contributed by atoms with Crippen LogP contribution in [0.1, 0.15) is 5.69 Å². The van der Waals surface area contributed by atoms with Gasteiger partial charge in [-0.1, -0.05) is 6.07 Å². The highest BCUT2D eigenvalue weighted by Crippen LogP contribution is 2.24. The van der Waals surface area contributed by atoms with Gasteiger partial charge in [0, 0.05) is 23.5 Å². The van der Waals surface area contributed by atoms with E-state index in [1.54, 1.807) is 32.2 Å². The lowest BCUT2D eigenvalue weighted by molar-refractivity contribution is 0.415. The van der Waals surface area contributed by atoms with Gasteiger partial charge >= 0.3 is 0 Å². The molecule has 0 bridgehead atoms. The quantitative estimate of drug-likeness (QED) is 0.646. The molecule has 134 valence electrons. The number of methoxy groups -OCH3 is 1. The van der Waals surface area contributed by atoms with Crippen LogP contribution in [0.5, 0.6) is 5.75 Å². The van der Waals surface area contributed by atoms with Crippen LogP contribution in [0.4, 0.5) is 36.3 Å². The van der Waals surface area contributed by atoms with Gasteiger partial charge in [-0.3, -0.25) is 0 Å². The van der Waals surface area contributed by atoms with Crippen LogP contribution in [-0.4, -0.2) is 17.1 Å². The Hall–Kier alpha value is -3.29. The third kappa shape index (κ3) is 3.85. The normalized spacial score (nSPS) is 10.5. The molecule has 2 N–H and O–H groups in total. The molecule has 1 aromatic heterocycles. The number of halogens is 3. The summed E-state index contributed by atoms with van der Waals surface area (Å²) in [5.74, 6) is -3.01. The molecule has 0 radical (unpaired) electrons. The molecule has 0 aliphatic carbocycles. The molecule has 8 heteroatoms. The molecule has 0 amide bonds. The number of nitrogens with zero attached hydrogens (tertiary/aromatic N) is 2. The Morgan fingerprint density at radius 1 is 0.923 bits per heavy atom. The standard InChI is InChI=1S/C18H15F3N4O/c1-10-8-15(23-11-4-3-5-12(9-11)26-2)25-18(22-10)24-14-7-6-13(19)16(20)17(14)21/h3-9H,1-2H3,(H2,22,23,24,25). The van der Waals surface area contributed by atoms with E-state index in [-0.39, 0.29) is 11.6 Å². The second-order valence-corrected chi connectivity index (χ2v) is 5.42. The van der Waals surface area contributed by atoms with Crippen molar-refractivity contribution in [3.8, 4) is 5.75 Å². The zero-order chi connectivity index (χ0) is 18.7. The molecule has 1 heterocycles. The Balaban J connectivity index is 1.87. The molecule has 3 rings (SSSR count). The first-order chi connectivity index (χ1) is 12.5. The fraction of sp³-hybridized carbons (Fsp3) is 0.111. The molecular formula is C18H15F3N4O. The van der Waals surface area contributed by atoms with Crippen LogP contribution in [0.3, 0.4) is 0 Å². The van der Waals surface area contributed by atoms with Gasteiger partial charge in [0.15, 0.2) is 17.5 Å². The van der Waals surface area contributed by atoms with Gasteiger partial charge in [0.25, 0.3) is 0 Å². The van der Waals surface area contributed by atoms with Crippen LogP contribution in [0.15, 0.2) is 42.5 Å². The fourth-order valence-corrected chi connectivity index (χ4v) is 2.28. The molecule has 26 heavy (non-hydrogen) atoms. The topological polar surface area (TPSA) is 59.1 Å². The van der Waals surface area contributed by atoms with Crippen LogP contribution in [0.2, 0.25) is 0 Å². The average Bonchev–Trinajstić information content (AvgIpc) is 2.62. The van der Waals surface area contributed by atoms with Crippen LogP contribution >= 0.6 is 0 Å². The molecule has 0 saturated heterocycles. The van der Waals surface area contributed by atoms with Crippen molar-refractivity contribution in [3.63, 3.8) is 0 Å². The predicted molar refractivity (Wildman–Crippen MR) is 92.6 cm³/mol. The van der Waals surface area contributed by atoms with E-state index in [2.05, 4.69) is 20.6 Å². The smallest absolute Gasteiger partial charge is 0.229 e. The van der Waals surface area contributed by atoms with Crippen molar-refractivity contribution >= 4 is 23.1 Å². The first kappa shape index (κ1) is 17.5. The molecule has 0 aliphatic rings. The second kappa shape index (κ2) is 7.30. The van der Waals surface area contributed by atoms with Crippen LogP contribution in [-0.2, 0) is 0 Å². The van der Waals surface area contributed by atoms with Crippen molar-refractivity contribution in [3.05, 3.63) is 65.6 Å². The van der Waals surface area contributed by atoms with E-state index >= 15 is 0 Å². The minimum atomic E-state index is -1.56. The summed E-state index contributed by atoms with van der Waals surface area (Å²) in [7, 11) is 1.56. The maximum absolute atomic E-state index is 13.8. The zero-order valence-electron chi connectivity index (χ0n) is 14.0. The number of hydrogen-bond donors (Lipinski definition) is 2. The summed E-state index contributed by atoms with van der Waals surface area (Å²) in [6.07, 6.45) is 0. The number of ether oxygens (including phenoxy) is 1. The van der Waals surface area contributed by atoms with Crippen LogP contribution in [0, 0.1) is 24.4 Å². The van der Waals surface area contributed by atoms with Crippen LogP contribution < -0.4 is 15.4 Å². The van der Waals surface area contributed by atoms with Crippen molar-refractivity contribution in [1.29, 1.82) is 0 Å². The minimum absolute atomic E-state index is 0.0419. The third-order valence-corrected chi connectivity index (χ3v) is 3.48. The van der Waals surface area contributed by atoms with Crippen molar-refractivity contribution < 1.29 is 17.9 Å². The molecule has 5 nitrogen and oxygen atoms in total. The van der Waals surface area contributed by atoms with Gasteiger partial charge in [-0.05, 0) is 31.2 Å². The van der Waals surface area contributed by atoms with Crippen LogP contribution in [0.25, 0.3) is 0 Å². The molecule has 0 aliphatic heterocycles. The van der Waals surface area contributed by atoms with E-state index in [0.29, 0.717) is 17.3 Å². The first-order valence-electron chi connectivity index (χ1n) is 7.63. The Kier molecular flexibility index (Phi) is 4.92. The lowest BCUT2D eigenvalue weighted by atomic mass is 10.3. The highest BCUT2D eigenvalue weighted by Gasteiger charge is 2.14. The zero-order valence-corrected chi connectivity index (χ0v) is 14.0. The van der Waals surface area contributed by atoms with E-state index in [1.807, 2.05) is 12.1 Å². The van der Waals surface area contributed by atoms with Crippen molar-refractivity contribution in [2.45, 2.75) is 6.92 Å². The second-order valence-electron chi connectivity index (χ2n) is 5.42. The lowest BCUT2D eigenvalue weighted by Crippen LogP contribution is -2.05. The Morgan fingerprint density at radius 2 is 1.73 bits per heavy atom. The summed E-state index contributed by atoms with van der Waals surface area (Å²) in [5.41, 5.74) is 1.06. The highest BCUT2D eigenvalue weighted by molar-refractivity contribution is 5.61. The summed E-state index contributed by atoms with van der Waals surface area (Å²) < 4.78 is 45.4. The number of anilines is 4. The minimum Gasteiger partial charge on any atom is -0.497 e. The van der Waals surface area contributed by atoms with E-state index in [0.717, 1.165) is 17.8 Å². The van der Waals surface area contributed by atoms with Gasteiger partial charge in [0.05, 0.1) is 12.8 Å². The summed E-state index contributed by atoms with van der Waals surface area (Å²) in [6, 6.07) is 10.8. The Bertz CT molecular complexity index is 950. The summed E-state index contributed by atoms with van der Waals surface area (Å²) in [6.45, 7) is 1.73.